The van der Waals surface area contributed by atoms with Crippen LogP contribution in [-0.2, 0) is 9.53 Å². The van der Waals surface area contributed by atoms with Crippen LogP contribution in [0.1, 0.15) is 67.2 Å². The highest BCUT2D eigenvalue weighted by atomic mass is 16.6. The van der Waals surface area contributed by atoms with Gasteiger partial charge in [-0.15, -0.1) is 4.68 Å². The molecule has 0 spiro atoms. The molecule has 0 radical (unpaired) electrons. The smallest absolute Gasteiger partial charge is 0.437 e. The third-order valence-electron chi connectivity index (χ3n) is 5.29. The van der Waals surface area contributed by atoms with Gasteiger partial charge in [0.05, 0.1) is 12.8 Å². The molecular formula is C26H41N5O4. The maximum absolute atomic E-state index is 12.9. The first-order chi connectivity index (χ1) is 16.6. The lowest BCUT2D eigenvalue weighted by Crippen LogP contribution is -2.31. The fraction of sp³-hybridized carbons (Fsp3) is 0.615. The van der Waals surface area contributed by atoms with E-state index in [2.05, 4.69) is 34.1 Å². The van der Waals surface area contributed by atoms with Crippen LogP contribution < -0.4 is 10.1 Å². The van der Waals surface area contributed by atoms with E-state index in [1.54, 1.807) is 45.2 Å². The topological polar surface area (TPSA) is 98.6 Å². The van der Waals surface area contributed by atoms with E-state index in [0.717, 1.165) is 30.7 Å². The molecular weight excluding hydrogens is 446 g/mol. The van der Waals surface area contributed by atoms with Crippen molar-refractivity contribution in [3.63, 3.8) is 0 Å². The fourth-order valence-corrected chi connectivity index (χ4v) is 3.47. The van der Waals surface area contributed by atoms with Gasteiger partial charge in [0.15, 0.2) is 0 Å². The van der Waals surface area contributed by atoms with Crippen LogP contribution in [0.4, 0.5) is 10.6 Å². The summed E-state index contributed by atoms with van der Waals surface area (Å²) >= 11 is 0. The highest BCUT2D eigenvalue weighted by Gasteiger charge is 2.25. The van der Waals surface area contributed by atoms with Crippen LogP contribution in [0, 0.1) is 5.92 Å². The van der Waals surface area contributed by atoms with E-state index in [-0.39, 0.29) is 17.6 Å². The van der Waals surface area contributed by atoms with Crippen molar-refractivity contribution < 1.29 is 19.1 Å². The lowest BCUT2D eigenvalue weighted by Gasteiger charge is -2.20. The fourth-order valence-electron chi connectivity index (χ4n) is 3.47. The third kappa shape index (κ3) is 8.98. The van der Waals surface area contributed by atoms with Crippen LogP contribution in [0.2, 0.25) is 0 Å². The Morgan fingerprint density at radius 2 is 1.83 bits per heavy atom. The van der Waals surface area contributed by atoms with Crippen molar-refractivity contribution >= 4 is 17.8 Å². The monoisotopic (exact) mass is 487 g/mol. The van der Waals surface area contributed by atoms with Gasteiger partial charge < -0.3 is 19.7 Å². The number of hydrogen-bond acceptors (Lipinski definition) is 7. The van der Waals surface area contributed by atoms with Gasteiger partial charge in [0, 0.05) is 29.8 Å². The Morgan fingerprint density at radius 3 is 2.37 bits per heavy atom. The Balaban J connectivity index is 0.00000137. The number of rotatable bonds is 7. The molecule has 9 nitrogen and oxygen atoms in total. The average molecular weight is 488 g/mol. The summed E-state index contributed by atoms with van der Waals surface area (Å²) in [6.45, 7) is 14.6. The first-order valence-electron chi connectivity index (χ1n) is 12.4. The minimum absolute atomic E-state index is 0.159. The van der Waals surface area contributed by atoms with Crippen LogP contribution in [0.15, 0.2) is 24.4 Å². The quantitative estimate of drug-likeness (QED) is 0.572. The SMILES string of the molecule is CCC.COc1ccc(-c2cc(NC(=O)C(C)CCN3CCCC3)n(C(=O)OC(C)(C)C)n2)cn1. The maximum Gasteiger partial charge on any atom is 0.437 e. The highest BCUT2D eigenvalue weighted by Crippen LogP contribution is 2.24. The van der Waals surface area contributed by atoms with E-state index >= 15 is 0 Å². The molecule has 1 aliphatic heterocycles. The molecule has 9 heteroatoms. The van der Waals surface area contributed by atoms with Gasteiger partial charge in [-0.2, -0.15) is 5.10 Å². The van der Waals surface area contributed by atoms with Gasteiger partial charge in [-0.05, 0) is 65.7 Å². The zero-order chi connectivity index (χ0) is 26.0. The van der Waals surface area contributed by atoms with E-state index in [4.69, 9.17) is 9.47 Å². The Kier molecular flexibility index (Phi) is 10.7. The summed E-state index contributed by atoms with van der Waals surface area (Å²) < 4.78 is 11.7. The number of hydrogen-bond donors (Lipinski definition) is 1. The lowest BCUT2D eigenvalue weighted by molar-refractivity contribution is -0.119. The standard InChI is InChI=1S/C23H33N5O4.C3H8/c1-16(10-13-27-11-6-7-12-27)21(29)25-19-14-18(17-8-9-20(31-5)24-15-17)26-28(19)22(30)32-23(2,3)4;1-3-2/h8-9,14-16H,6-7,10-13H2,1-5H3,(H,25,29);3H2,1-2H3. The van der Waals surface area contributed by atoms with Crippen LogP contribution in [0.25, 0.3) is 11.3 Å². The van der Waals surface area contributed by atoms with E-state index in [1.165, 1.54) is 26.4 Å². The van der Waals surface area contributed by atoms with Crippen LogP contribution >= 0.6 is 0 Å². The lowest BCUT2D eigenvalue weighted by atomic mass is 10.1. The molecule has 2 aromatic rings. The molecule has 194 valence electrons. The van der Waals surface area contributed by atoms with Crippen molar-refractivity contribution in [2.75, 3.05) is 32.1 Å². The summed E-state index contributed by atoms with van der Waals surface area (Å²) in [5, 5.41) is 7.24. The van der Waals surface area contributed by atoms with Gasteiger partial charge in [0.25, 0.3) is 0 Å². The molecule has 0 aliphatic carbocycles. The molecule has 35 heavy (non-hydrogen) atoms. The highest BCUT2D eigenvalue weighted by molar-refractivity contribution is 5.94. The molecule has 1 atom stereocenters. The van der Waals surface area contributed by atoms with Crippen molar-refractivity contribution in [2.24, 2.45) is 5.92 Å². The van der Waals surface area contributed by atoms with Crippen LogP contribution in [0.3, 0.4) is 0 Å². The second-order valence-electron chi connectivity index (χ2n) is 9.83. The van der Waals surface area contributed by atoms with E-state index in [9.17, 15) is 9.59 Å². The van der Waals surface area contributed by atoms with E-state index in [1.807, 2.05) is 6.92 Å². The molecule has 1 N–H and O–H groups in total. The Labute approximate surface area is 209 Å². The number of carbonyl (C=O) groups is 2. The Hall–Kier alpha value is -2.94. The zero-order valence-corrected chi connectivity index (χ0v) is 22.3. The number of anilines is 1. The normalized spacial score (nSPS) is 14.6. The molecule has 0 bridgehead atoms. The molecule has 1 aliphatic rings. The number of pyridine rings is 1. The summed E-state index contributed by atoms with van der Waals surface area (Å²) in [5.74, 6) is 0.376. The number of aromatic nitrogens is 3. The van der Waals surface area contributed by atoms with Gasteiger partial charge in [-0.1, -0.05) is 27.2 Å². The van der Waals surface area contributed by atoms with Gasteiger partial charge in [-0.3, -0.25) is 4.79 Å². The molecule has 1 saturated heterocycles. The van der Waals surface area contributed by atoms with Gasteiger partial charge in [0.1, 0.15) is 11.4 Å². The van der Waals surface area contributed by atoms with Crippen molar-refractivity contribution in [2.45, 2.75) is 72.8 Å². The third-order valence-corrected chi connectivity index (χ3v) is 5.29. The van der Waals surface area contributed by atoms with E-state index in [0.29, 0.717) is 17.1 Å². The van der Waals surface area contributed by atoms with Crippen molar-refractivity contribution in [3.8, 4) is 17.1 Å². The number of methoxy groups -OCH3 is 1. The largest absolute Gasteiger partial charge is 0.481 e. The summed E-state index contributed by atoms with van der Waals surface area (Å²) in [6.07, 6.45) is 5.38. The van der Waals surface area contributed by atoms with Crippen molar-refractivity contribution in [3.05, 3.63) is 24.4 Å². The second-order valence-corrected chi connectivity index (χ2v) is 9.83. The number of nitrogens with one attached hydrogen (secondary N) is 1. The zero-order valence-electron chi connectivity index (χ0n) is 22.3. The molecule has 1 unspecified atom stereocenters. The predicted molar refractivity (Wildman–Crippen MR) is 138 cm³/mol. The first kappa shape index (κ1) is 28.3. The number of nitrogens with zero attached hydrogens (tertiary/aromatic N) is 4. The number of carbonyl (C=O) groups excluding carboxylic acids is 2. The molecule has 1 amide bonds. The van der Waals surface area contributed by atoms with Crippen molar-refractivity contribution in [1.82, 2.24) is 19.7 Å². The number of amides is 1. The average Bonchev–Trinajstić information content (AvgIpc) is 3.47. The van der Waals surface area contributed by atoms with Gasteiger partial charge in [0.2, 0.25) is 11.8 Å². The summed E-state index contributed by atoms with van der Waals surface area (Å²) in [7, 11) is 1.54. The molecule has 0 aromatic carbocycles. The Bertz CT molecular complexity index is 944. The number of ether oxygens (including phenoxy) is 2. The molecule has 3 heterocycles. The summed E-state index contributed by atoms with van der Waals surface area (Å²) in [6, 6.07) is 5.15. The summed E-state index contributed by atoms with van der Waals surface area (Å²) in [4.78, 5) is 32.2. The number of likely N-dealkylation sites (tertiary alicyclic amines) is 1. The summed E-state index contributed by atoms with van der Waals surface area (Å²) in [5.41, 5.74) is 0.478. The minimum atomic E-state index is -0.699. The van der Waals surface area contributed by atoms with Crippen LogP contribution in [0.5, 0.6) is 5.88 Å². The van der Waals surface area contributed by atoms with Gasteiger partial charge >= 0.3 is 6.09 Å². The van der Waals surface area contributed by atoms with Crippen molar-refractivity contribution in [1.29, 1.82) is 0 Å². The predicted octanol–water partition coefficient (Wildman–Crippen LogP) is 5.21. The Morgan fingerprint density at radius 1 is 1.17 bits per heavy atom. The minimum Gasteiger partial charge on any atom is -0.481 e. The molecule has 0 saturated carbocycles. The maximum atomic E-state index is 12.9. The van der Waals surface area contributed by atoms with Crippen LogP contribution in [-0.4, -0.2) is 64.0 Å². The second kappa shape index (κ2) is 13.2. The first-order valence-corrected chi connectivity index (χ1v) is 12.4. The molecule has 2 aromatic heterocycles. The van der Waals surface area contributed by atoms with E-state index < -0.39 is 11.7 Å². The molecule has 3 rings (SSSR count). The molecule has 1 fully saturated rings. The van der Waals surface area contributed by atoms with Gasteiger partial charge in [-0.25, -0.2) is 9.78 Å².